The van der Waals surface area contributed by atoms with Crippen molar-refractivity contribution in [2.75, 3.05) is 11.6 Å². The number of rotatable bonds is 8. The highest BCUT2D eigenvalue weighted by Gasteiger charge is 2.21. The number of halogens is 1. The minimum Gasteiger partial charge on any atom is -0.338 e. The molecular weight excluding hydrogens is 571 g/mol. The summed E-state index contributed by atoms with van der Waals surface area (Å²) in [4.78, 5) is 28.6. The van der Waals surface area contributed by atoms with Gasteiger partial charge < -0.3 is 16.0 Å². The Labute approximate surface area is 245 Å². The quantitative estimate of drug-likeness (QED) is 0.187. The number of aromatic amines is 2. The lowest BCUT2D eigenvalue weighted by molar-refractivity contribution is -0.116. The summed E-state index contributed by atoms with van der Waals surface area (Å²) in [5.74, 6) is -0.685. The third-order valence-corrected chi connectivity index (χ3v) is 8.24. The number of hydrogen-bond acceptors (Lipinski definition) is 8. The average Bonchev–Trinajstić information content (AvgIpc) is 3.60. The molecule has 1 amide bonds. The minimum atomic E-state index is -3.64. The van der Waals surface area contributed by atoms with Gasteiger partial charge in [0.15, 0.2) is 9.84 Å². The van der Waals surface area contributed by atoms with Crippen LogP contribution >= 0.6 is 0 Å². The van der Waals surface area contributed by atoms with E-state index in [0.717, 1.165) is 29.7 Å². The maximum absolute atomic E-state index is 14.6. The van der Waals surface area contributed by atoms with E-state index < -0.39 is 21.0 Å². The molecule has 218 valence electrons. The second-order valence-corrected chi connectivity index (χ2v) is 12.4. The number of nitrogens with two attached hydrogens (primary N) is 1. The average molecular weight is 599 g/mol. The molecule has 43 heavy (non-hydrogen) atoms. The number of sulfone groups is 1. The molecule has 0 aliphatic carbocycles. The van der Waals surface area contributed by atoms with E-state index in [4.69, 9.17) is 5.73 Å². The number of carbonyl (C=O) groups is 1. The Balaban J connectivity index is 1.40. The van der Waals surface area contributed by atoms with Gasteiger partial charge in [-0.2, -0.15) is 5.10 Å². The Hall–Kier alpha value is -5.01. The zero-order chi connectivity index (χ0) is 30.3. The summed E-state index contributed by atoms with van der Waals surface area (Å²) in [6.45, 7) is 1.94. The monoisotopic (exact) mass is 598 g/mol. The highest BCUT2D eigenvalue weighted by molar-refractivity contribution is 7.90. The zero-order valence-electron chi connectivity index (χ0n) is 23.2. The number of nitrogens with one attached hydrogen (secondary N) is 3. The van der Waals surface area contributed by atoms with Crippen molar-refractivity contribution in [3.8, 4) is 33.8 Å². The first kappa shape index (κ1) is 28.1. The fraction of sp³-hybridized carbons (Fsp3) is 0.167. The molecule has 0 radical (unpaired) electrons. The first-order valence-electron chi connectivity index (χ1n) is 13.4. The van der Waals surface area contributed by atoms with Crippen LogP contribution in [0.15, 0.2) is 67.3 Å². The van der Waals surface area contributed by atoms with E-state index in [1.165, 1.54) is 6.07 Å². The lowest BCUT2D eigenvalue weighted by Crippen LogP contribution is -2.20. The van der Waals surface area contributed by atoms with E-state index in [-0.39, 0.29) is 11.5 Å². The molecule has 1 aromatic carbocycles. The fourth-order valence-electron chi connectivity index (χ4n) is 4.96. The van der Waals surface area contributed by atoms with Gasteiger partial charge in [-0.3, -0.25) is 19.9 Å². The fourth-order valence-corrected chi connectivity index (χ4v) is 5.59. The SMILES string of the molecule is CCCC(=O)Nc1cncc(-c2cc3c(-c4cc5c(-c6cc(F)cc(C(N)S(C)(=O)=O)c6)ccnc5[nH]4)n[nH]c3cn2)c1. The predicted octanol–water partition coefficient (Wildman–Crippen LogP) is 5.11. The van der Waals surface area contributed by atoms with Crippen LogP contribution in [0.1, 0.15) is 30.7 Å². The van der Waals surface area contributed by atoms with E-state index in [1.807, 2.05) is 25.1 Å². The molecule has 13 heteroatoms. The Morgan fingerprint density at radius 3 is 2.67 bits per heavy atom. The van der Waals surface area contributed by atoms with Crippen LogP contribution in [-0.4, -0.2) is 50.7 Å². The third-order valence-electron chi connectivity index (χ3n) is 7.05. The van der Waals surface area contributed by atoms with Gasteiger partial charge in [0.25, 0.3) is 0 Å². The lowest BCUT2D eigenvalue weighted by Gasteiger charge is -2.12. The van der Waals surface area contributed by atoms with Gasteiger partial charge in [0, 0.05) is 41.4 Å². The molecule has 0 aliphatic heterocycles. The molecule has 0 bridgehead atoms. The molecule has 11 nitrogen and oxygen atoms in total. The van der Waals surface area contributed by atoms with Crippen LogP contribution in [0.2, 0.25) is 0 Å². The van der Waals surface area contributed by atoms with Crippen LogP contribution in [0.3, 0.4) is 0 Å². The number of anilines is 1. The van der Waals surface area contributed by atoms with Crippen LogP contribution < -0.4 is 11.1 Å². The van der Waals surface area contributed by atoms with Gasteiger partial charge in [-0.05, 0) is 65.6 Å². The van der Waals surface area contributed by atoms with Crippen molar-refractivity contribution in [3.05, 3.63) is 78.6 Å². The molecule has 0 aliphatic rings. The van der Waals surface area contributed by atoms with Crippen LogP contribution in [-0.2, 0) is 14.6 Å². The first-order valence-corrected chi connectivity index (χ1v) is 15.4. The van der Waals surface area contributed by atoms with Crippen LogP contribution in [0.4, 0.5) is 10.1 Å². The molecule has 6 rings (SSSR count). The largest absolute Gasteiger partial charge is 0.338 e. The Bertz CT molecular complexity index is 2120. The smallest absolute Gasteiger partial charge is 0.224 e. The molecule has 0 saturated carbocycles. The predicted molar refractivity (Wildman–Crippen MR) is 163 cm³/mol. The van der Waals surface area contributed by atoms with Gasteiger partial charge in [0.1, 0.15) is 22.5 Å². The van der Waals surface area contributed by atoms with Gasteiger partial charge in [0.2, 0.25) is 5.91 Å². The normalized spacial score (nSPS) is 12.6. The number of aromatic nitrogens is 6. The van der Waals surface area contributed by atoms with Gasteiger partial charge in [-0.25, -0.2) is 17.8 Å². The van der Waals surface area contributed by atoms with Gasteiger partial charge >= 0.3 is 0 Å². The van der Waals surface area contributed by atoms with Crippen molar-refractivity contribution in [3.63, 3.8) is 0 Å². The van der Waals surface area contributed by atoms with E-state index in [1.54, 1.807) is 36.9 Å². The number of benzene rings is 1. The van der Waals surface area contributed by atoms with Crippen LogP contribution in [0.25, 0.3) is 55.7 Å². The second kappa shape index (κ2) is 11.0. The van der Waals surface area contributed by atoms with Crippen LogP contribution in [0.5, 0.6) is 0 Å². The highest BCUT2D eigenvalue weighted by Crippen LogP contribution is 2.35. The van der Waals surface area contributed by atoms with Crippen molar-refractivity contribution in [1.82, 2.24) is 30.1 Å². The Morgan fingerprint density at radius 2 is 1.88 bits per heavy atom. The molecule has 0 fully saturated rings. The molecule has 1 atom stereocenters. The Kier molecular flexibility index (Phi) is 7.20. The van der Waals surface area contributed by atoms with Crippen molar-refractivity contribution >= 4 is 43.4 Å². The third kappa shape index (κ3) is 5.59. The number of carbonyl (C=O) groups excluding carboxylic acids is 1. The zero-order valence-corrected chi connectivity index (χ0v) is 24.0. The van der Waals surface area contributed by atoms with E-state index in [9.17, 15) is 17.6 Å². The summed E-state index contributed by atoms with van der Waals surface area (Å²) in [5.41, 5.74) is 11.6. The highest BCUT2D eigenvalue weighted by atomic mass is 32.2. The van der Waals surface area contributed by atoms with Crippen molar-refractivity contribution in [2.24, 2.45) is 5.73 Å². The molecule has 1 unspecified atom stereocenters. The maximum atomic E-state index is 14.6. The number of hydrogen-bond donors (Lipinski definition) is 4. The van der Waals surface area contributed by atoms with Crippen molar-refractivity contribution in [2.45, 2.75) is 25.1 Å². The number of nitrogens with zero attached hydrogens (tertiary/aromatic N) is 4. The molecule has 0 saturated heterocycles. The molecule has 0 spiro atoms. The number of pyridine rings is 3. The molecule has 5 heterocycles. The summed E-state index contributed by atoms with van der Waals surface area (Å²) in [6, 6.07) is 11.3. The summed E-state index contributed by atoms with van der Waals surface area (Å²) in [6.07, 6.45) is 8.70. The molecule has 6 aromatic rings. The molecule has 5 N–H and O–H groups in total. The summed E-state index contributed by atoms with van der Waals surface area (Å²) >= 11 is 0. The summed E-state index contributed by atoms with van der Waals surface area (Å²) < 4.78 is 38.7. The molecular formula is C30H27FN8O3S. The Morgan fingerprint density at radius 1 is 1.05 bits per heavy atom. The van der Waals surface area contributed by atoms with Crippen LogP contribution in [0, 0.1) is 5.82 Å². The summed E-state index contributed by atoms with van der Waals surface area (Å²) in [5, 5.41) is 10.5. The van der Waals surface area contributed by atoms with E-state index in [0.29, 0.717) is 56.9 Å². The van der Waals surface area contributed by atoms with E-state index in [2.05, 4.69) is 35.5 Å². The topological polar surface area (TPSA) is 172 Å². The van der Waals surface area contributed by atoms with Crippen molar-refractivity contribution in [1.29, 1.82) is 0 Å². The first-order chi connectivity index (χ1) is 20.6. The van der Waals surface area contributed by atoms with Crippen molar-refractivity contribution < 1.29 is 17.6 Å². The summed E-state index contributed by atoms with van der Waals surface area (Å²) in [7, 11) is -3.64. The number of amides is 1. The maximum Gasteiger partial charge on any atom is 0.224 e. The lowest BCUT2D eigenvalue weighted by atomic mass is 10.0. The second-order valence-electron chi connectivity index (χ2n) is 10.3. The number of H-pyrrole nitrogens is 2. The number of fused-ring (bicyclic) bond motifs is 2. The van der Waals surface area contributed by atoms with Gasteiger partial charge in [0.05, 0.1) is 35.0 Å². The van der Waals surface area contributed by atoms with Gasteiger partial charge in [-0.1, -0.05) is 6.92 Å². The molecule has 5 aromatic heterocycles. The van der Waals surface area contributed by atoms with Gasteiger partial charge in [-0.15, -0.1) is 0 Å². The van der Waals surface area contributed by atoms with E-state index >= 15 is 0 Å². The standard InChI is InChI=1S/C30H27FN8O3S/c1-3-4-27(40)36-20-10-18(13-33-14-20)24-12-23-26(15-35-24)38-39-28(23)25-11-22-21(5-6-34-30(22)37-25)16-7-17(9-19(31)8-16)29(32)43(2,41)42/h5-15,29H,3-4,32H2,1-2H3,(H,34,37)(H,36,40)(H,38,39). The minimum absolute atomic E-state index is 0.0820.